The average Bonchev–Trinajstić information content (AvgIpc) is 2.87. The summed E-state index contributed by atoms with van der Waals surface area (Å²) >= 11 is 0. The number of carbonyl (C=O) groups is 1. The highest BCUT2D eigenvalue weighted by Crippen LogP contribution is 2.31. The Labute approximate surface area is 209 Å². The van der Waals surface area contributed by atoms with Gasteiger partial charge in [-0.1, -0.05) is 42.5 Å². The van der Waals surface area contributed by atoms with Crippen LogP contribution in [0.25, 0.3) is 11.1 Å². The molecule has 4 aromatic rings. The molecule has 0 aliphatic rings. The van der Waals surface area contributed by atoms with E-state index in [-0.39, 0.29) is 18.8 Å². The Morgan fingerprint density at radius 3 is 2.64 bits per heavy atom. The van der Waals surface area contributed by atoms with Gasteiger partial charge in [0.2, 0.25) is 0 Å². The van der Waals surface area contributed by atoms with Crippen molar-refractivity contribution in [3.63, 3.8) is 0 Å². The Bertz CT molecular complexity index is 1340. The van der Waals surface area contributed by atoms with E-state index in [9.17, 15) is 9.90 Å². The highest BCUT2D eigenvalue weighted by Gasteiger charge is 2.15. The Balaban J connectivity index is 1.66. The number of anilines is 1. The van der Waals surface area contributed by atoms with Gasteiger partial charge in [0.25, 0.3) is 0 Å². The number of ether oxygens (including phenoxy) is 1. The van der Waals surface area contributed by atoms with Gasteiger partial charge in [-0.3, -0.25) is 9.78 Å². The van der Waals surface area contributed by atoms with E-state index in [1.165, 1.54) is 0 Å². The summed E-state index contributed by atoms with van der Waals surface area (Å²) in [6, 6.07) is 23.2. The number of pyridine rings is 1. The van der Waals surface area contributed by atoms with E-state index in [4.69, 9.17) is 10.5 Å². The van der Waals surface area contributed by atoms with E-state index in [0.29, 0.717) is 34.5 Å². The molecule has 0 amide bonds. The molecule has 184 valence electrons. The number of hydrogen-bond acceptors (Lipinski definition) is 5. The predicted molar refractivity (Wildman–Crippen MR) is 138 cm³/mol. The normalized spacial score (nSPS) is 11.6. The Hall–Kier alpha value is -4.23. The molecule has 0 saturated heterocycles. The first-order chi connectivity index (χ1) is 17.4. The number of nitrogens with zero attached hydrogens (tertiary/aromatic N) is 1. The van der Waals surface area contributed by atoms with Crippen LogP contribution in [0.1, 0.15) is 35.3 Å². The molecule has 1 heterocycles. The molecule has 0 spiro atoms. The van der Waals surface area contributed by atoms with Crippen LogP contribution in [-0.2, 0) is 24.4 Å². The monoisotopic (exact) mass is 485 g/mol. The SMILES string of the molecule is CC(N)c1cccc(-c2cc(COc3ccccc3CC(=O)O)cc(NCc3ccccn3)c2)c1F. The van der Waals surface area contributed by atoms with Gasteiger partial charge in [-0.2, -0.15) is 0 Å². The minimum absolute atomic E-state index is 0.137. The largest absolute Gasteiger partial charge is 0.489 e. The third-order valence-electron chi connectivity index (χ3n) is 5.73. The molecular formula is C29H28FN3O3. The van der Waals surface area contributed by atoms with E-state index >= 15 is 4.39 Å². The molecular weight excluding hydrogens is 457 g/mol. The first-order valence-corrected chi connectivity index (χ1v) is 11.7. The number of aliphatic carboxylic acids is 1. The molecule has 0 aliphatic heterocycles. The maximum atomic E-state index is 15.4. The second kappa shape index (κ2) is 11.5. The number of para-hydroxylation sites is 1. The van der Waals surface area contributed by atoms with Gasteiger partial charge in [-0.25, -0.2) is 4.39 Å². The molecule has 7 heteroatoms. The number of carboxylic acids is 1. The fraction of sp³-hybridized carbons (Fsp3) is 0.172. The van der Waals surface area contributed by atoms with Crippen LogP contribution in [0.5, 0.6) is 5.75 Å². The Kier molecular flexibility index (Phi) is 7.92. The topological polar surface area (TPSA) is 97.5 Å². The van der Waals surface area contributed by atoms with E-state index < -0.39 is 12.0 Å². The molecule has 1 aromatic heterocycles. The number of halogens is 1. The van der Waals surface area contributed by atoms with Gasteiger partial charge in [-0.05, 0) is 54.4 Å². The van der Waals surface area contributed by atoms with Crippen molar-refractivity contribution in [1.29, 1.82) is 0 Å². The molecule has 6 nitrogen and oxygen atoms in total. The third-order valence-corrected chi connectivity index (χ3v) is 5.73. The van der Waals surface area contributed by atoms with Crippen molar-refractivity contribution in [1.82, 2.24) is 4.98 Å². The molecule has 3 aromatic carbocycles. The van der Waals surface area contributed by atoms with Crippen LogP contribution in [0.4, 0.5) is 10.1 Å². The molecule has 0 radical (unpaired) electrons. The standard InChI is InChI=1S/C29H28FN3O3/c1-19(31)25-9-6-10-26(29(25)30)22-13-20(14-24(15-22)33-17-23-8-4-5-12-32-23)18-36-27-11-3-2-7-21(27)16-28(34)35/h2-15,19,33H,16-18,31H2,1H3,(H,34,35). The summed E-state index contributed by atoms with van der Waals surface area (Å²) < 4.78 is 21.4. The maximum absolute atomic E-state index is 15.4. The van der Waals surface area contributed by atoms with Crippen LogP contribution in [0.15, 0.2) is 85.1 Å². The van der Waals surface area contributed by atoms with E-state index in [0.717, 1.165) is 16.9 Å². The molecule has 0 bridgehead atoms. The second-order valence-electron chi connectivity index (χ2n) is 8.56. The van der Waals surface area contributed by atoms with Crippen molar-refractivity contribution in [3.05, 3.63) is 113 Å². The van der Waals surface area contributed by atoms with Gasteiger partial charge in [0.15, 0.2) is 0 Å². The summed E-state index contributed by atoms with van der Waals surface area (Å²) in [7, 11) is 0. The lowest BCUT2D eigenvalue weighted by atomic mass is 9.97. The molecule has 1 unspecified atom stereocenters. The number of aromatic nitrogens is 1. The lowest BCUT2D eigenvalue weighted by Gasteiger charge is -2.16. The summed E-state index contributed by atoms with van der Waals surface area (Å²) in [5.41, 5.74) is 10.6. The molecule has 4 N–H and O–H groups in total. The van der Waals surface area contributed by atoms with Crippen molar-refractivity contribution in [2.45, 2.75) is 32.5 Å². The summed E-state index contributed by atoms with van der Waals surface area (Å²) in [6.07, 6.45) is 1.60. The van der Waals surface area contributed by atoms with E-state index in [1.807, 2.05) is 36.4 Å². The number of rotatable bonds is 10. The minimum atomic E-state index is -0.932. The van der Waals surface area contributed by atoms with Crippen molar-refractivity contribution >= 4 is 11.7 Å². The van der Waals surface area contributed by atoms with E-state index in [2.05, 4.69) is 10.3 Å². The zero-order valence-electron chi connectivity index (χ0n) is 19.9. The lowest BCUT2D eigenvalue weighted by Crippen LogP contribution is -2.08. The second-order valence-corrected chi connectivity index (χ2v) is 8.56. The van der Waals surface area contributed by atoms with Gasteiger partial charge in [0.05, 0.1) is 18.7 Å². The first kappa shape index (κ1) is 24.9. The highest BCUT2D eigenvalue weighted by atomic mass is 19.1. The number of carboxylic acid groups (broad SMARTS) is 1. The lowest BCUT2D eigenvalue weighted by molar-refractivity contribution is -0.136. The van der Waals surface area contributed by atoms with Crippen molar-refractivity contribution in [3.8, 4) is 16.9 Å². The molecule has 0 saturated carbocycles. The maximum Gasteiger partial charge on any atom is 0.307 e. The average molecular weight is 486 g/mol. The minimum Gasteiger partial charge on any atom is -0.489 e. The number of hydrogen-bond donors (Lipinski definition) is 3. The van der Waals surface area contributed by atoms with Crippen LogP contribution >= 0.6 is 0 Å². The van der Waals surface area contributed by atoms with Crippen molar-refractivity contribution < 1.29 is 19.0 Å². The fourth-order valence-corrected chi connectivity index (χ4v) is 3.97. The van der Waals surface area contributed by atoms with Crippen molar-refractivity contribution in [2.24, 2.45) is 5.73 Å². The molecule has 0 fully saturated rings. The number of nitrogens with one attached hydrogen (secondary N) is 1. The van der Waals surface area contributed by atoms with Crippen LogP contribution in [0.2, 0.25) is 0 Å². The van der Waals surface area contributed by atoms with Crippen LogP contribution < -0.4 is 15.8 Å². The quantitative estimate of drug-likeness (QED) is 0.266. The smallest absolute Gasteiger partial charge is 0.307 e. The fourth-order valence-electron chi connectivity index (χ4n) is 3.97. The summed E-state index contributed by atoms with van der Waals surface area (Å²) in [6.45, 7) is 2.42. The van der Waals surface area contributed by atoms with Gasteiger partial charge >= 0.3 is 5.97 Å². The first-order valence-electron chi connectivity index (χ1n) is 11.7. The van der Waals surface area contributed by atoms with Gasteiger partial charge < -0.3 is 20.9 Å². The van der Waals surface area contributed by atoms with Gasteiger partial charge in [0, 0.05) is 34.6 Å². The number of benzene rings is 3. The Morgan fingerprint density at radius 1 is 1.08 bits per heavy atom. The summed E-state index contributed by atoms with van der Waals surface area (Å²) in [5, 5.41) is 12.6. The van der Waals surface area contributed by atoms with Crippen molar-refractivity contribution in [2.75, 3.05) is 5.32 Å². The molecule has 1 atom stereocenters. The van der Waals surface area contributed by atoms with Crippen LogP contribution in [0, 0.1) is 5.82 Å². The van der Waals surface area contributed by atoms with E-state index in [1.54, 1.807) is 55.6 Å². The molecule has 4 rings (SSSR count). The van der Waals surface area contributed by atoms with Crippen LogP contribution in [0.3, 0.4) is 0 Å². The molecule has 36 heavy (non-hydrogen) atoms. The highest BCUT2D eigenvalue weighted by molar-refractivity contribution is 5.72. The van der Waals surface area contributed by atoms with Gasteiger partial charge in [-0.15, -0.1) is 0 Å². The van der Waals surface area contributed by atoms with Crippen LogP contribution in [-0.4, -0.2) is 16.1 Å². The molecule has 0 aliphatic carbocycles. The number of nitrogens with two attached hydrogens (primary N) is 1. The zero-order valence-corrected chi connectivity index (χ0v) is 19.9. The summed E-state index contributed by atoms with van der Waals surface area (Å²) in [4.78, 5) is 15.6. The Morgan fingerprint density at radius 2 is 1.89 bits per heavy atom. The van der Waals surface area contributed by atoms with Gasteiger partial charge in [0.1, 0.15) is 18.2 Å². The predicted octanol–water partition coefficient (Wildman–Crippen LogP) is 5.73. The third kappa shape index (κ3) is 6.25. The summed E-state index contributed by atoms with van der Waals surface area (Å²) in [5.74, 6) is -0.787. The zero-order chi connectivity index (χ0) is 25.5.